The first kappa shape index (κ1) is 113. The zero-order valence-corrected chi connectivity index (χ0v) is 86.1. The van der Waals surface area contributed by atoms with Gasteiger partial charge in [-0.15, -0.1) is 0 Å². The number of nitrogens with two attached hydrogens (primary N) is 4. The number of fused-ring (bicyclic) bond motifs is 2. The number of imidazole rings is 2. The third-order valence-corrected chi connectivity index (χ3v) is 30.6. The number of hydrogen-bond donors (Lipinski definition) is 8. The van der Waals surface area contributed by atoms with Gasteiger partial charge in [0.2, 0.25) is 0 Å². The fourth-order valence-electron chi connectivity index (χ4n) is 16.4. The largest absolute Gasteiger partial charge is 0.780 e. The first-order valence-corrected chi connectivity index (χ1v) is 55.8. The smallest absolute Gasteiger partial charge is 0.357 e. The molecule has 8 aromatic rings. The number of nitrogens with one attached hydrogen (secondary N) is 3. The van der Waals surface area contributed by atoms with Crippen molar-refractivity contribution in [2.75, 3.05) is 158 Å². The van der Waals surface area contributed by atoms with Crippen molar-refractivity contribution >= 4 is 128 Å². The maximum Gasteiger partial charge on any atom is 0.357 e. The molecule has 0 radical (unpaired) electrons. The summed E-state index contributed by atoms with van der Waals surface area (Å²) < 4.78 is 194. The Hall–Kier alpha value is -7.06. The van der Waals surface area contributed by atoms with Gasteiger partial charge in [-0.2, -0.15) is 4.98 Å². The maximum atomic E-state index is 15.6. The second-order valence-electron chi connectivity index (χ2n) is 33.1. The Morgan fingerprint density at radius 3 is 1.27 bits per heavy atom. The summed E-state index contributed by atoms with van der Waals surface area (Å²) in [7, 11) is 0.569. The molecule has 8 aromatic heterocycles. The van der Waals surface area contributed by atoms with Gasteiger partial charge >= 0.3 is 28.6 Å². The monoisotopic (exact) mass is 2210 g/mol. The number of nitrogens with zero attached hydrogens (tertiary/aromatic N) is 13. The van der Waals surface area contributed by atoms with Gasteiger partial charge in [0.05, 0.1) is 136 Å². The van der Waals surface area contributed by atoms with E-state index in [-0.39, 0.29) is 135 Å². The molecular weight excluding hydrogens is 2100 g/mol. The number of phosphoric ester groups is 1. The molecule has 144 heavy (non-hydrogen) atoms. The van der Waals surface area contributed by atoms with E-state index in [1.807, 2.05) is 0 Å². The lowest BCUT2D eigenvalue weighted by atomic mass is 10.1. The average Bonchev–Trinajstić information content (AvgIpc) is 1.61. The summed E-state index contributed by atoms with van der Waals surface area (Å²) in [4.78, 5) is 176. The third-order valence-electron chi connectivity index (χ3n) is 23.4. The maximum absolute atomic E-state index is 15.6. The number of aliphatic hydroxyl groups is 1. The standard InChI is InChI=1S/C76H111N20O39P5S4/c1-11-40-41(22-47(125-40)91-24-37(3)65(98)88-73(91)80)131-137(106,141)122-30-45-53(58(118-20-15-113-9)69(128-45)92-23-36(2)60(77)87-74(92)101)134-139(108,143)123-29-44-51(56(116-18-13-111-7)71(129-44)95-34-85-48-61(78)81-32-83-63(48)95)132-136(104,105)120-28-43-52(57(117-19-14-112-8)70(127-43)94-26-39(5)67(100)90-76(94)103)133-140(109,144)124-31-46-54(59(119-21-16-114-10)72(130-46)96-35-86-49-62(79)82-33-84-64(49)96)135-138(107,142)121-27-42-50(97)55(115-17-12-110-6)68(126-42)93-25-38(4)66(99)89-75(93)102/h23-26,32-35,40-47,50-59,68-72,97H,11-22,27-31H2,1-10H3,(H15,77,78,79,80,81,82,83,84,87,88,89,90,98,99,100,101,102,103,104,105,106,107,108,109,141,142,143,144)/p-4/t40-,41?,42-,43-,44-,45-,46-,47-,50?,51?,52?,53?,54?,55+,56+,57+,58+,59+,68-,69-,70-,71-,72-,137?,138?,139?,140?/m1/s1. The van der Waals surface area contributed by atoms with Gasteiger partial charge in [0.1, 0.15) is 141 Å². The summed E-state index contributed by atoms with van der Waals surface area (Å²) in [5.74, 6) is -0.437. The highest BCUT2D eigenvalue weighted by Gasteiger charge is 2.57. The molecule has 59 nitrogen and oxygen atoms in total. The van der Waals surface area contributed by atoms with Crippen LogP contribution in [0, 0.1) is 27.7 Å². The van der Waals surface area contributed by atoms with Crippen molar-refractivity contribution in [2.24, 2.45) is 0 Å². The number of ether oxygens (including phenoxy) is 16. The van der Waals surface area contributed by atoms with Crippen LogP contribution in [-0.4, -0.2) is 316 Å². The molecule has 11 unspecified atom stereocenters. The number of nitrogen functional groups attached to an aromatic ring is 4. The SMILES string of the molecule is CC[C@H]1O[C@@H]([n+]2cc(C)c(=O)[nH]c2N)CC1OP([O-])(=S)OC[C@H]1O[C@@H](n2cc(C)c(N)nc2=O)[C@@H](OCCOC)C1OP(=O)([S-])OC[C@H]1O[C@@H](n2cnc3c(N)ncnc32)[C@@H](OCCOC)C1OP(=O)([O-])OC[C@H]1O[C@@H](n2cc(C)c(=O)[nH]c2=O)[C@@H](OCCOC)C1OP([O-])(=S)OC[C@H]1O[C@@H](n2cnc3c(N)ncnc32)[C@@H](OCCOC)C1OP([O-])(=S)OC[C@H]1O[C@@H](n2cc(C)c(=O)[nH]c2=O)[C@@H](OCCOC)C1O. The molecule has 28 atom stereocenters. The van der Waals surface area contributed by atoms with Gasteiger partial charge in [0.15, 0.2) is 67.1 Å². The number of H-pyrrole nitrogens is 3. The van der Waals surface area contributed by atoms with Crippen molar-refractivity contribution < 1.29 is 159 Å². The summed E-state index contributed by atoms with van der Waals surface area (Å²) in [5, 5.41) is 11.8. The summed E-state index contributed by atoms with van der Waals surface area (Å²) >= 11 is 22.5. The molecule has 12 N–H and O–H groups in total. The highest BCUT2D eigenvalue weighted by molar-refractivity contribution is 8.32. The van der Waals surface area contributed by atoms with E-state index < -0.39 is 249 Å². The average molecular weight is 2210 g/mol. The van der Waals surface area contributed by atoms with Crippen molar-refractivity contribution in [2.45, 2.75) is 189 Å². The normalized spacial score (nSPS) is 29.3. The van der Waals surface area contributed by atoms with Crippen LogP contribution in [0.15, 0.2) is 78.9 Å². The van der Waals surface area contributed by atoms with Gasteiger partial charge < -0.3 is 175 Å². The quantitative estimate of drug-likeness (QED) is 0.00776. The van der Waals surface area contributed by atoms with Gasteiger partial charge in [-0.25, -0.2) is 53.8 Å². The second kappa shape index (κ2) is 48.9. The lowest BCUT2D eigenvalue weighted by molar-refractivity contribution is -0.749. The van der Waals surface area contributed by atoms with E-state index in [1.54, 1.807) is 13.8 Å². The Kier molecular flexibility index (Phi) is 38.2. The summed E-state index contributed by atoms with van der Waals surface area (Å²) in [6.45, 7) is -20.0. The van der Waals surface area contributed by atoms with Crippen LogP contribution in [0.1, 0.15) is 79.4 Å². The number of aromatic amines is 3. The minimum Gasteiger partial charge on any atom is -0.780 e. The number of aromatic nitrogens is 16. The Bertz CT molecular complexity index is 6440. The fourth-order valence-corrected chi connectivity index (χ4v) is 23.1. The minimum atomic E-state index is -6.15. The third kappa shape index (κ3) is 26.7. The molecule has 6 saturated heterocycles. The number of rotatable bonds is 52. The molecule has 14 heterocycles. The van der Waals surface area contributed by atoms with Crippen molar-refractivity contribution in [3.05, 3.63) is 135 Å². The Balaban J connectivity index is 0.758. The van der Waals surface area contributed by atoms with Crippen LogP contribution in [-0.2, 0) is 178 Å². The predicted molar refractivity (Wildman–Crippen MR) is 498 cm³/mol. The molecule has 6 aliphatic rings. The van der Waals surface area contributed by atoms with Crippen LogP contribution in [0.3, 0.4) is 0 Å². The number of methoxy groups -OCH3 is 5. The first-order chi connectivity index (χ1) is 68.5. The van der Waals surface area contributed by atoms with E-state index >= 15 is 23.8 Å². The van der Waals surface area contributed by atoms with Crippen molar-refractivity contribution in [1.29, 1.82) is 0 Å². The molecule has 0 saturated carbocycles. The lowest BCUT2D eigenvalue weighted by Gasteiger charge is -2.37. The predicted octanol–water partition coefficient (Wildman–Crippen LogP) is -4.15. The molecular formula is C76H107N20O39P5S4-4. The first-order valence-electron chi connectivity index (χ1n) is 44.1. The van der Waals surface area contributed by atoms with E-state index in [2.05, 4.69) is 49.8 Å². The molecule has 68 heteroatoms. The van der Waals surface area contributed by atoms with Crippen LogP contribution in [0.2, 0.25) is 0 Å². The molecule has 0 aromatic carbocycles. The Labute approximate surface area is 836 Å². The van der Waals surface area contributed by atoms with Gasteiger partial charge in [0, 0.05) is 77.3 Å². The van der Waals surface area contributed by atoms with Gasteiger partial charge in [-0.05, 0) is 34.1 Å². The number of aliphatic hydroxyl groups excluding tert-OH is 1. The van der Waals surface area contributed by atoms with Crippen LogP contribution in [0.25, 0.3) is 22.3 Å². The Morgan fingerprint density at radius 2 is 0.819 bits per heavy atom. The van der Waals surface area contributed by atoms with Crippen LogP contribution < -0.4 is 80.8 Å². The van der Waals surface area contributed by atoms with Crippen LogP contribution in [0.5, 0.6) is 0 Å². The summed E-state index contributed by atoms with van der Waals surface area (Å²) in [5.41, 5.74) is 20.3. The number of hydrogen-bond acceptors (Lipinski definition) is 54. The molecule has 6 fully saturated rings. The number of anilines is 4. The lowest BCUT2D eigenvalue weighted by Crippen LogP contribution is -2.45. The Morgan fingerprint density at radius 1 is 0.444 bits per heavy atom. The van der Waals surface area contributed by atoms with Crippen molar-refractivity contribution in [3.63, 3.8) is 0 Å². The van der Waals surface area contributed by atoms with Crippen molar-refractivity contribution in [3.8, 4) is 0 Å². The molecule has 0 bridgehead atoms. The minimum absolute atomic E-state index is 0.00632. The van der Waals surface area contributed by atoms with Gasteiger partial charge in [-0.3, -0.25) is 62.1 Å². The summed E-state index contributed by atoms with van der Waals surface area (Å²) in [6, 6.07) is 0. The van der Waals surface area contributed by atoms with E-state index in [0.717, 1.165) is 32.6 Å². The summed E-state index contributed by atoms with van der Waals surface area (Å²) in [6.07, 6.45) is -27.0. The number of phosphoric acid groups is 1. The van der Waals surface area contributed by atoms with Crippen LogP contribution in [0.4, 0.5) is 23.4 Å². The van der Waals surface area contributed by atoms with Gasteiger partial charge in [0.25, 0.3) is 18.9 Å². The molecule has 0 amide bonds. The van der Waals surface area contributed by atoms with Gasteiger partial charge in [-0.1, -0.05) is 42.3 Å². The topological polar surface area (TPSA) is 759 Å². The molecule has 0 aliphatic carbocycles. The van der Waals surface area contributed by atoms with E-state index in [4.69, 9.17) is 192 Å². The molecule has 6 aliphatic heterocycles. The fraction of sp³-hybridized carbons (Fsp3) is 0.658. The zero-order chi connectivity index (χ0) is 104. The van der Waals surface area contributed by atoms with E-state index in [9.17, 15) is 38.8 Å². The molecule has 0 spiro atoms. The molecule has 798 valence electrons. The van der Waals surface area contributed by atoms with Crippen LogP contribution >= 0.6 is 34.8 Å². The van der Waals surface area contributed by atoms with E-state index in [1.165, 1.54) is 101 Å². The highest BCUT2D eigenvalue weighted by atomic mass is 32.7. The molecule has 14 rings (SSSR count). The van der Waals surface area contributed by atoms with Crippen molar-refractivity contribution in [1.82, 2.24) is 72.7 Å². The number of aryl methyl sites for hydroxylation is 4. The second-order valence-corrected chi connectivity index (χ2v) is 45.2. The highest BCUT2D eigenvalue weighted by Crippen LogP contribution is 2.57. The van der Waals surface area contributed by atoms with E-state index in [0.29, 0.717) is 5.56 Å². The zero-order valence-electron chi connectivity index (χ0n) is 78.4.